The van der Waals surface area contributed by atoms with E-state index in [9.17, 15) is 9.59 Å². The van der Waals surface area contributed by atoms with E-state index in [1.807, 2.05) is 49.4 Å². The molecule has 0 saturated carbocycles. The third-order valence-electron chi connectivity index (χ3n) is 4.48. The SMILES string of the molecule is CCOc1cc(/C=C2/SC(=O)N(CCCOC)C2=O)ccc1OCc1ccc(Br)cc1. The first-order valence-electron chi connectivity index (χ1n) is 9.90. The molecule has 0 atom stereocenters. The van der Waals surface area contributed by atoms with Crippen LogP contribution in [0, 0.1) is 0 Å². The molecule has 0 N–H and O–H groups in total. The Morgan fingerprint density at radius 1 is 1.06 bits per heavy atom. The number of nitrogens with zero attached hydrogens (tertiary/aromatic N) is 1. The van der Waals surface area contributed by atoms with Crippen LogP contribution < -0.4 is 9.47 Å². The molecule has 6 nitrogen and oxygen atoms in total. The Hall–Kier alpha value is -2.29. The second-order valence-electron chi connectivity index (χ2n) is 6.73. The zero-order chi connectivity index (χ0) is 22.2. The van der Waals surface area contributed by atoms with Crippen molar-refractivity contribution in [1.82, 2.24) is 4.90 Å². The molecule has 2 aromatic rings. The highest BCUT2D eigenvalue weighted by molar-refractivity contribution is 9.10. The van der Waals surface area contributed by atoms with Crippen LogP contribution in [0.3, 0.4) is 0 Å². The minimum absolute atomic E-state index is 0.258. The molecule has 1 heterocycles. The zero-order valence-electron chi connectivity index (χ0n) is 17.4. The van der Waals surface area contributed by atoms with Crippen molar-refractivity contribution in [3.8, 4) is 11.5 Å². The first-order chi connectivity index (χ1) is 15.0. The van der Waals surface area contributed by atoms with Crippen LogP contribution >= 0.6 is 27.7 Å². The molecule has 3 rings (SSSR count). The molecule has 164 valence electrons. The highest BCUT2D eigenvalue weighted by Gasteiger charge is 2.34. The number of carbonyl (C=O) groups excluding carboxylic acids is 2. The molecule has 2 amide bonds. The Balaban J connectivity index is 1.73. The average molecular weight is 506 g/mol. The van der Waals surface area contributed by atoms with Crippen molar-refractivity contribution in [2.24, 2.45) is 0 Å². The summed E-state index contributed by atoms with van der Waals surface area (Å²) >= 11 is 4.37. The average Bonchev–Trinajstić information content (AvgIpc) is 3.02. The van der Waals surface area contributed by atoms with Crippen molar-refractivity contribution in [2.45, 2.75) is 20.0 Å². The number of ether oxygens (including phenoxy) is 3. The van der Waals surface area contributed by atoms with Crippen LogP contribution in [0.1, 0.15) is 24.5 Å². The highest BCUT2D eigenvalue weighted by atomic mass is 79.9. The van der Waals surface area contributed by atoms with Crippen LogP contribution in [-0.4, -0.2) is 42.9 Å². The van der Waals surface area contributed by atoms with Crippen molar-refractivity contribution >= 4 is 44.9 Å². The molecule has 0 aromatic heterocycles. The molecule has 0 unspecified atom stereocenters. The third-order valence-corrected chi connectivity index (χ3v) is 5.91. The first-order valence-corrected chi connectivity index (χ1v) is 11.5. The van der Waals surface area contributed by atoms with Crippen LogP contribution in [0.15, 0.2) is 51.8 Å². The predicted octanol–water partition coefficient (Wildman–Crippen LogP) is 5.50. The van der Waals surface area contributed by atoms with Crippen LogP contribution in [0.4, 0.5) is 4.79 Å². The fourth-order valence-electron chi connectivity index (χ4n) is 2.95. The van der Waals surface area contributed by atoms with Gasteiger partial charge in [-0.1, -0.05) is 34.1 Å². The van der Waals surface area contributed by atoms with Gasteiger partial charge in [0.25, 0.3) is 11.1 Å². The van der Waals surface area contributed by atoms with Crippen molar-refractivity contribution in [3.05, 3.63) is 63.0 Å². The van der Waals surface area contributed by atoms with Crippen molar-refractivity contribution in [1.29, 1.82) is 0 Å². The summed E-state index contributed by atoms with van der Waals surface area (Å²) in [4.78, 5) is 26.4. The molecule has 31 heavy (non-hydrogen) atoms. The molecule has 0 spiro atoms. The minimum atomic E-state index is -0.278. The summed E-state index contributed by atoms with van der Waals surface area (Å²) in [5, 5.41) is -0.258. The van der Waals surface area contributed by atoms with E-state index in [0.29, 0.717) is 49.2 Å². The summed E-state index contributed by atoms with van der Waals surface area (Å²) in [6, 6.07) is 13.4. The van der Waals surface area contributed by atoms with E-state index < -0.39 is 0 Å². The maximum Gasteiger partial charge on any atom is 0.293 e. The number of hydrogen-bond acceptors (Lipinski definition) is 6. The molecular formula is C23H24BrNO5S. The Morgan fingerprint density at radius 2 is 1.84 bits per heavy atom. The van der Waals surface area contributed by atoms with Gasteiger partial charge in [0.05, 0.1) is 11.5 Å². The second-order valence-corrected chi connectivity index (χ2v) is 8.64. The monoisotopic (exact) mass is 505 g/mol. The van der Waals surface area contributed by atoms with E-state index >= 15 is 0 Å². The second kappa shape index (κ2) is 11.4. The lowest BCUT2D eigenvalue weighted by Gasteiger charge is -2.13. The van der Waals surface area contributed by atoms with Crippen LogP contribution in [-0.2, 0) is 16.1 Å². The lowest BCUT2D eigenvalue weighted by molar-refractivity contribution is -0.122. The van der Waals surface area contributed by atoms with E-state index in [2.05, 4.69) is 15.9 Å². The number of hydrogen-bond donors (Lipinski definition) is 0. The van der Waals surface area contributed by atoms with Gasteiger partial charge in [0.15, 0.2) is 11.5 Å². The summed E-state index contributed by atoms with van der Waals surface area (Å²) in [6.07, 6.45) is 2.32. The molecular weight excluding hydrogens is 482 g/mol. The number of rotatable bonds is 10. The number of halogens is 1. The molecule has 1 aliphatic rings. The number of methoxy groups -OCH3 is 1. The highest BCUT2D eigenvalue weighted by Crippen LogP contribution is 2.35. The van der Waals surface area contributed by atoms with Crippen molar-refractivity contribution < 1.29 is 23.8 Å². The zero-order valence-corrected chi connectivity index (χ0v) is 19.8. The quantitative estimate of drug-likeness (QED) is 0.313. The molecule has 0 aliphatic carbocycles. The maximum absolute atomic E-state index is 12.6. The lowest BCUT2D eigenvalue weighted by Crippen LogP contribution is -2.29. The number of thioether (sulfide) groups is 1. The van der Waals surface area contributed by atoms with Crippen LogP contribution in [0.5, 0.6) is 11.5 Å². The lowest BCUT2D eigenvalue weighted by atomic mass is 10.1. The minimum Gasteiger partial charge on any atom is -0.490 e. The maximum atomic E-state index is 12.6. The van der Waals surface area contributed by atoms with Gasteiger partial charge in [-0.05, 0) is 66.6 Å². The van der Waals surface area contributed by atoms with E-state index in [4.69, 9.17) is 14.2 Å². The Labute approximate surface area is 194 Å². The van der Waals surface area contributed by atoms with Gasteiger partial charge in [0.1, 0.15) is 6.61 Å². The topological polar surface area (TPSA) is 65.1 Å². The van der Waals surface area contributed by atoms with Gasteiger partial charge in [-0.3, -0.25) is 14.5 Å². The van der Waals surface area contributed by atoms with Gasteiger partial charge in [-0.25, -0.2) is 0 Å². The fraction of sp³-hybridized carbons (Fsp3) is 0.304. The fourth-order valence-corrected chi connectivity index (χ4v) is 4.08. The number of carbonyl (C=O) groups is 2. The van der Waals surface area contributed by atoms with E-state index in [1.54, 1.807) is 13.2 Å². The summed E-state index contributed by atoms with van der Waals surface area (Å²) in [6.45, 7) is 3.64. The summed E-state index contributed by atoms with van der Waals surface area (Å²) < 4.78 is 17.7. The molecule has 0 bridgehead atoms. The normalized spacial score (nSPS) is 15.1. The number of benzene rings is 2. The van der Waals surface area contributed by atoms with Gasteiger partial charge >= 0.3 is 0 Å². The molecule has 2 aromatic carbocycles. The van der Waals surface area contributed by atoms with E-state index in [0.717, 1.165) is 27.4 Å². The van der Waals surface area contributed by atoms with E-state index in [-0.39, 0.29) is 11.1 Å². The van der Waals surface area contributed by atoms with Gasteiger partial charge < -0.3 is 14.2 Å². The van der Waals surface area contributed by atoms with Gasteiger partial charge in [-0.15, -0.1) is 0 Å². The molecule has 8 heteroatoms. The summed E-state index contributed by atoms with van der Waals surface area (Å²) in [5.41, 5.74) is 1.80. The Morgan fingerprint density at radius 3 is 2.55 bits per heavy atom. The summed E-state index contributed by atoms with van der Waals surface area (Å²) in [7, 11) is 1.59. The van der Waals surface area contributed by atoms with Gasteiger partial charge in [-0.2, -0.15) is 0 Å². The molecule has 1 fully saturated rings. The smallest absolute Gasteiger partial charge is 0.293 e. The summed E-state index contributed by atoms with van der Waals surface area (Å²) in [5.74, 6) is 0.932. The predicted molar refractivity (Wildman–Crippen MR) is 125 cm³/mol. The number of amides is 2. The standard InChI is InChI=1S/C23H24BrNO5S/c1-3-29-20-13-17(7-10-19(20)30-15-16-5-8-18(24)9-6-16)14-21-22(26)25(23(27)31-21)11-4-12-28-2/h5-10,13-14H,3-4,11-12,15H2,1-2H3/b21-14+. The van der Waals surface area contributed by atoms with E-state index in [1.165, 1.54) is 4.90 Å². The van der Waals surface area contributed by atoms with Crippen LogP contribution in [0.25, 0.3) is 6.08 Å². The Kier molecular flexibility index (Phi) is 8.57. The Bertz CT molecular complexity index is 961. The van der Waals surface area contributed by atoms with Gasteiger partial charge in [0, 0.05) is 24.7 Å². The van der Waals surface area contributed by atoms with Gasteiger partial charge in [0.2, 0.25) is 0 Å². The first kappa shape index (κ1) is 23.4. The largest absolute Gasteiger partial charge is 0.490 e. The molecule has 1 aliphatic heterocycles. The van der Waals surface area contributed by atoms with Crippen LogP contribution in [0.2, 0.25) is 0 Å². The molecule has 1 saturated heterocycles. The number of imide groups is 1. The van der Waals surface area contributed by atoms with Crippen molar-refractivity contribution in [2.75, 3.05) is 26.9 Å². The van der Waals surface area contributed by atoms with Crippen molar-refractivity contribution in [3.63, 3.8) is 0 Å². The third kappa shape index (κ3) is 6.35. The molecule has 0 radical (unpaired) electrons.